The molecule has 4 heteroatoms. The molecule has 19 heavy (non-hydrogen) atoms. The van der Waals surface area contributed by atoms with Crippen molar-refractivity contribution >= 4 is 6.09 Å². The fraction of sp³-hybridized carbons (Fsp3) is 0.933. The molecule has 0 spiro atoms. The molecule has 0 saturated heterocycles. The molecule has 1 saturated carbocycles. The van der Waals surface area contributed by atoms with E-state index in [0.717, 1.165) is 12.8 Å². The van der Waals surface area contributed by atoms with Gasteiger partial charge in [0.15, 0.2) is 0 Å². The van der Waals surface area contributed by atoms with E-state index in [0.29, 0.717) is 13.0 Å². The zero-order chi connectivity index (χ0) is 14.7. The second kappa shape index (κ2) is 6.12. The predicted molar refractivity (Wildman–Crippen MR) is 76.1 cm³/mol. The van der Waals surface area contributed by atoms with Gasteiger partial charge in [0.25, 0.3) is 0 Å². The Balaban J connectivity index is 2.65. The molecular formula is C15H29NO3. The van der Waals surface area contributed by atoms with Crippen LogP contribution in [-0.2, 0) is 4.74 Å². The van der Waals surface area contributed by atoms with Gasteiger partial charge in [0.2, 0.25) is 0 Å². The van der Waals surface area contributed by atoms with Crippen molar-refractivity contribution < 1.29 is 14.6 Å². The molecule has 1 rings (SSSR count). The zero-order valence-electron chi connectivity index (χ0n) is 13.0. The molecule has 1 amide bonds. The van der Waals surface area contributed by atoms with E-state index in [-0.39, 0.29) is 12.1 Å². The summed E-state index contributed by atoms with van der Waals surface area (Å²) in [5.74, 6) is 0. The van der Waals surface area contributed by atoms with E-state index in [9.17, 15) is 9.90 Å². The highest BCUT2D eigenvalue weighted by Gasteiger charge is 2.31. The van der Waals surface area contributed by atoms with Crippen LogP contribution in [0.15, 0.2) is 0 Å². The number of aliphatic hydroxyl groups is 1. The van der Waals surface area contributed by atoms with Gasteiger partial charge in [-0.2, -0.15) is 0 Å². The number of carbonyl (C=O) groups excluding carboxylic acids is 1. The predicted octanol–water partition coefficient (Wildman–Crippen LogP) is 3.33. The van der Waals surface area contributed by atoms with Gasteiger partial charge in [-0.15, -0.1) is 0 Å². The number of rotatable bonds is 4. The molecular weight excluding hydrogens is 242 g/mol. The Labute approximate surface area is 117 Å². The van der Waals surface area contributed by atoms with Crippen molar-refractivity contribution in [2.24, 2.45) is 0 Å². The quantitative estimate of drug-likeness (QED) is 0.853. The normalized spacial score (nSPS) is 17.6. The van der Waals surface area contributed by atoms with E-state index in [4.69, 9.17) is 4.74 Å². The van der Waals surface area contributed by atoms with Gasteiger partial charge < -0.3 is 14.7 Å². The molecule has 0 aromatic heterocycles. The second-order valence-corrected chi connectivity index (χ2v) is 7.17. The van der Waals surface area contributed by atoms with Gasteiger partial charge >= 0.3 is 6.09 Å². The molecule has 0 radical (unpaired) electrons. The molecule has 1 N–H and O–H groups in total. The fourth-order valence-electron chi connectivity index (χ4n) is 2.35. The lowest BCUT2D eigenvalue weighted by atomic mass is 10.0. The summed E-state index contributed by atoms with van der Waals surface area (Å²) in [7, 11) is 0. The van der Waals surface area contributed by atoms with Crippen LogP contribution in [0.5, 0.6) is 0 Å². The summed E-state index contributed by atoms with van der Waals surface area (Å²) in [4.78, 5) is 14.1. The van der Waals surface area contributed by atoms with Crippen LogP contribution in [0.2, 0.25) is 0 Å². The molecule has 4 nitrogen and oxygen atoms in total. The first-order valence-corrected chi connectivity index (χ1v) is 7.30. The van der Waals surface area contributed by atoms with E-state index >= 15 is 0 Å². The fourth-order valence-corrected chi connectivity index (χ4v) is 2.35. The van der Waals surface area contributed by atoms with Crippen LogP contribution in [0.1, 0.15) is 66.7 Å². The summed E-state index contributed by atoms with van der Waals surface area (Å²) >= 11 is 0. The number of amides is 1. The van der Waals surface area contributed by atoms with Crippen molar-refractivity contribution in [1.82, 2.24) is 4.90 Å². The number of nitrogens with zero attached hydrogens (tertiary/aromatic N) is 1. The van der Waals surface area contributed by atoms with Gasteiger partial charge in [-0.1, -0.05) is 12.8 Å². The molecule has 0 heterocycles. The lowest BCUT2D eigenvalue weighted by molar-refractivity contribution is 0.00651. The average Bonchev–Trinajstić information content (AvgIpc) is 2.66. The Hall–Kier alpha value is -0.770. The van der Waals surface area contributed by atoms with Crippen LogP contribution in [0.4, 0.5) is 4.79 Å². The Kier molecular flexibility index (Phi) is 5.25. The van der Waals surface area contributed by atoms with Crippen LogP contribution in [0, 0.1) is 0 Å². The molecule has 1 aliphatic carbocycles. The summed E-state index contributed by atoms with van der Waals surface area (Å²) in [5.41, 5.74) is -1.22. The third-order valence-electron chi connectivity index (χ3n) is 3.36. The van der Waals surface area contributed by atoms with Gasteiger partial charge in [-0.3, -0.25) is 0 Å². The van der Waals surface area contributed by atoms with Crippen molar-refractivity contribution in [2.75, 3.05) is 6.54 Å². The summed E-state index contributed by atoms with van der Waals surface area (Å²) in [6.07, 6.45) is 4.77. The van der Waals surface area contributed by atoms with Crippen LogP contribution in [-0.4, -0.2) is 39.9 Å². The first-order chi connectivity index (χ1) is 8.58. The van der Waals surface area contributed by atoms with E-state index in [1.54, 1.807) is 13.8 Å². The Bertz CT molecular complexity index is 295. The molecule has 0 aromatic carbocycles. The zero-order valence-corrected chi connectivity index (χ0v) is 13.0. The number of hydrogen-bond donors (Lipinski definition) is 1. The molecule has 1 aliphatic rings. The van der Waals surface area contributed by atoms with Crippen molar-refractivity contribution in [3.63, 3.8) is 0 Å². The average molecular weight is 271 g/mol. The van der Waals surface area contributed by atoms with E-state index in [1.165, 1.54) is 12.8 Å². The SMILES string of the molecule is CC(C)(O)CCN(C(=O)OC(C)(C)C)C1CCCC1. The minimum Gasteiger partial charge on any atom is -0.444 e. The first kappa shape index (κ1) is 16.3. The molecule has 0 atom stereocenters. The van der Waals surface area contributed by atoms with Crippen LogP contribution < -0.4 is 0 Å². The minimum atomic E-state index is -0.751. The van der Waals surface area contributed by atoms with Crippen molar-refractivity contribution in [3.05, 3.63) is 0 Å². The summed E-state index contributed by atoms with van der Waals surface area (Å²) < 4.78 is 5.48. The molecule has 0 bridgehead atoms. The highest BCUT2D eigenvalue weighted by Crippen LogP contribution is 2.26. The van der Waals surface area contributed by atoms with Gasteiger partial charge in [0, 0.05) is 12.6 Å². The van der Waals surface area contributed by atoms with Gasteiger partial charge in [0.05, 0.1) is 5.60 Å². The number of carbonyl (C=O) groups is 1. The van der Waals surface area contributed by atoms with Crippen LogP contribution in [0.3, 0.4) is 0 Å². The smallest absolute Gasteiger partial charge is 0.410 e. The Morgan fingerprint density at radius 2 is 1.74 bits per heavy atom. The maximum absolute atomic E-state index is 12.3. The summed E-state index contributed by atoms with van der Waals surface area (Å²) in [5, 5.41) is 9.84. The van der Waals surface area contributed by atoms with E-state index in [1.807, 2.05) is 25.7 Å². The molecule has 0 aliphatic heterocycles. The van der Waals surface area contributed by atoms with Crippen LogP contribution >= 0.6 is 0 Å². The topological polar surface area (TPSA) is 49.8 Å². The van der Waals surface area contributed by atoms with Gasteiger partial charge in [0.1, 0.15) is 5.60 Å². The monoisotopic (exact) mass is 271 g/mol. The Morgan fingerprint density at radius 1 is 1.21 bits per heavy atom. The molecule has 0 unspecified atom stereocenters. The standard InChI is InChI=1S/C15H29NO3/c1-14(2,3)19-13(17)16(11-10-15(4,5)18)12-8-6-7-9-12/h12,18H,6-11H2,1-5H3. The summed E-state index contributed by atoms with van der Waals surface area (Å²) in [6.45, 7) is 9.75. The molecule has 112 valence electrons. The number of ether oxygens (including phenoxy) is 1. The largest absolute Gasteiger partial charge is 0.444 e. The Morgan fingerprint density at radius 3 is 2.16 bits per heavy atom. The lowest BCUT2D eigenvalue weighted by Gasteiger charge is -2.33. The maximum Gasteiger partial charge on any atom is 0.410 e. The lowest BCUT2D eigenvalue weighted by Crippen LogP contribution is -2.44. The number of hydrogen-bond acceptors (Lipinski definition) is 3. The third kappa shape index (κ3) is 6.28. The van der Waals surface area contributed by atoms with Crippen molar-refractivity contribution in [1.29, 1.82) is 0 Å². The van der Waals surface area contributed by atoms with E-state index < -0.39 is 11.2 Å². The van der Waals surface area contributed by atoms with Gasteiger partial charge in [-0.25, -0.2) is 4.79 Å². The first-order valence-electron chi connectivity index (χ1n) is 7.30. The minimum absolute atomic E-state index is 0.247. The van der Waals surface area contributed by atoms with E-state index in [2.05, 4.69) is 0 Å². The molecule has 0 aromatic rings. The summed E-state index contributed by atoms with van der Waals surface area (Å²) in [6, 6.07) is 0.275. The second-order valence-electron chi connectivity index (χ2n) is 7.17. The highest BCUT2D eigenvalue weighted by molar-refractivity contribution is 5.68. The van der Waals surface area contributed by atoms with Gasteiger partial charge in [-0.05, 0) is 53.9 Å². The highest BCUT2D eigenvalue weighted by atomic mass is 16.6. The molecule has 1 fully saturated rings. The van der Waals surface area contributed by atoms with Crippen molar-refractivity contribution in [3.8, 4) is 0 Å². The maximum atomic E-state index is 12.3. The van der Waals surface area contributed by atoms with Crippen LogP contribution in [0.25, 0.3) is 0 Å². The van der Waals surface area contributed by atoms with Crippen molar-refractivity contribution in [2.45, 2.75) is 84.0 Å². The third-order valence-corrected chi connectivity index (χ3v) is 3.36.